The van der Waals surface area contributed by atoms with Crippen LogP contribution in [0.2, 0.25) is 5.02 Å². The van der Waals surface area contributed by atoms with E-state index >= 15 is 0 Å². The van der Waals surface area contributed by atoms with Crippen molar-refractivity contribution in [1.29, 1.82) is 0 Å². The molecular weight excluding hydrogens is 549 g/mol. The van der Waals surface area contributed by atoms with Gasteiger partial charge in [0.1, 0.15) is 27.8 Å². The number of rotatable bonds is 9. The molecular formula is C27H21Cl2N3O7. The summed E-state index contributed by atoms with van der Waals surface area (Å²) in [6.07, 6.45) is 0. The first-order valence-electron chi connectivity index (χ1n) is 11.4. The molecule has 1 aliphatic heterocycles. The van der Waals surface area contributed by atoms with Crippen molar-refractivity contribution in [3.63, 3.8) is 0 Å². The highest BCUT2D eigenvalue weighted by molar-refractivity contribution is 6.53. The Morgan fingerprint density at radius 3 is 2.23 bits per heavy atom. The average molecular weight is 570 g/mol. The number of hydrogen-bond donors (Lipinski definition) is 3. The molecule has 4 rings (SSSR count). The molecule has 200 valence electrons. The third-order valence-corrected chi connectivity index (χ3v) is 6.28. The number of nitrogens with zero attached hydrogens (tertiary/aromatic N) is 1. The number of methoxy groups -OCH3 is 1. The second-order valence-corrected chi connectivity index (χ2v) is 8.84. The van der Waals surface area contributed by atoms with Crippen LogP contribution in [0.3, 0.4) is 0 Å². The number of carbonyl (C=O) groups is 4. The molecule has 0 aliphatic carbocycles. The van der Waals surface area contributed by atoms with Gasteiger partial charge in [-0.15, -0.1) is 0 Å². The summed E-state index contributed by atoms with van der Waals surface area (Å²) in [6.45, 7) is 2.32. The Labute approximate surface area is 232 Å². The number of carboxylic acids is 1. The number of carboxylic acid groups (broad SMARTS) is 1. The summed E-state index contributed by atoms with van der Waals surface area (Å²) < 4.78 is 10.5. The topological polar surface area (TPSA) is 134 Å². The van der Waals surface area contributed by atoms with Crippen molar-refractivity contribution < 1.29 is 33.8 Å². The molecule has 0 saturated heterocycles. The summed E-state index contributed by atoms with van der Waals surface area (Å²) >= 11 is 12.3. The minimum atomic E-state index is -1.23. The van der Waals surface area contributed by atoms with Gasteiger partial charge >= 0.3 is 5.97 Å². The molecule has 39 heavy (non-hydrogen) atoms. The first kappa shape index (κ1) is 27.5. The number of carbonyl (C=O) groups excluding carboxylic acids is 3. The van der Waals surface area contributed by atoms with Crippen molar-refractivity contribution >= 4 is 64.0 Å². The largest absolute Gasteiger partial charge is 0.496 e. The number of nitrogens with one attached hydrogen (secondary N) is 2. The lowest BCUT2D eigenvalue weighted by molar-refractivity contribution is -0.120. The molecule has 3 amide bonds. The molecule has 0 atom stereocenters. The molecule has 12 heteroatoms. The van der Waals surface area contributed by atoms with Crippen LogP contribution in [0.15, 0.2) is 71.4 Å². The number of aromatic carboxylic acids is 1. The number of halogens is 2. The van der Waals surface area contributed by atoms with Crippen molar-refractivity contribution in [2.75, 3.05) is 29.3 Å². The Morgan fingerprint density at radius 2 is 1.64 bits per heavy atom. The zero-order chi connectivity index (χ0) is 28.3. The summed E-state index contributed by atoms with van der Waals surface area (Å²) in [5, 5.41) is 14.5. The van der Waals surface area contributed by atoms with Crippen LogP contribution in [0.1, 0.15) is 27.6 Å². The van der Waals surface area contributed by atoms with E-state index in [1.54, 1.807) is 24.3 Å². The maximum Gasteiger partial charge on any atom is 0.339 e. The Bertz CT molecular complexity index is 1500. The fourth-order valence-electron chi connectivity index (χ4n) is 3.73. The van der Waals surface area contributed by atoms with Crippen molar-refractivity contribution in [2.24, 2.45) is 0 Å². The smallest absolute Gasteiger partial charge is 0.339 e. The minimum Gasteiger partial charge on any atom is -0.496 e. The zero-order valence-electron chi connectivity index (χ0n) is 20.6. The average Bonchev–Trinajstić information content (AvgIpc) is 3.13. The first-order valence-corrected chi connectivity index (χ1v) is 12.2. The Balaban J connectivity index is 1.47. The van der Waals surface area contributed by atoms with Crippen LogP contribution in [0.25, 0.3) is 0 Å². The minimum absolute atomic E-state index is 0.0166. The van der Waals surface area contributed by atoms with Gasteiger partial charge in [-0.05, 0) is 61.5 Å². The molecule has 0 spiro atoms. The molecule has 3 aromatic carbocycles. The molecule has 10 nitrogen and oxygen atoms in total. The summed E-state index contributed by atoms with van der Waals surface area (Å²) in [4.78, 5) is 50.8. The molecule has 0 fully saturated rings. The van der Waals surface area contributed by atoms with E-state index in [4.69, 9.17) is 32.7 Å². The van der Waals surface area contributed by atoms with E-state index in [2.05, 4.69) is 10.6 Å². The molecule has 0 unspecified atom stereocenters. The number of amides is 3. The van der Waals surface area contributed by atoms with Crippen LogP contribution >= 0.6 is 23.2 Å². The van der Waals surface area contributed by atoms with Gasteiger partial charge < -0.3 is 25.2 Å². The Morgan fingerprint density at radius 1 is 0.974 bits per heavy atom. The van der Waals surface area contributed by atoms with Crippen LogP contribution in [-0.4, -0.2) is 42.5 Å². The third kappa shape index (κ3) is 5.66. The maximum atomic E-state index is 13.0. The van der Waals surface area contributed by atoms with Crippen LogP contribution in [0, 0.1) is 0 Å². The fourth-order valence-corrected chi connectivity index (χ4v) is 4.16. The highest BCUT2D eigenvalue weighted by Gasteiger charge is 2.39. The van der Waals surface area contributed by atoms with Gasteiger partial charge in [-0.2, -0.15) is 0 Å². The molecule has 3 N–H and O–H groups in total. The standard InChI is InChI=1S/C27H21Cl2N3O7/c1-3-39-17-10-8-16(9-11-17)32-25(34)22(29)23(26(32)35)30-15-6-4-14(5-7-15)24(33)31-20-13-21(38-2)18(27(36)37)12-19(20)28/h4-13,30H,3H2,1-2H3,(H,31,33)(H,36,37). The number of imide groups is 1. The van der Waals surface area contributed by atoms with Gasteiger partial charge in [-0.3, -0.25) is 14.4 Å². The summed E-state index contributed by atoms with van der Waals surface area (Å²) in [5.74, 6) is -2.44. The van der Waals surface area contributed by atoms with E-state index in [1.165, 1.54) is 43.5 Å². The van der Waals surface area contributed by atoms with Gasteiger partial charge in [0, 0.05) is 17.3 Å². The van der Waals surface area contributed by atoms with Crippen LogP contribution < -0.4 is 25.0 Å². The lowest BCUT2D eigenvalue weighted by Gasteiger charge is -2.16. The van der Waals surface area contributed by atoms with Gasteiger partial charge in [0.05, 0.1) is 30.1 Å². The Hall–Kier alpha value is -4.54. The molecule has 3 aromatic rings. The quantitative estimate of drug-likeness (QED) is 0.302. The predicted octanol–water partition coefficient (Wildman–Crippen LogP) is 5.13. The monoisotopic (exact) mass is 569 g/mol. The van der Waals surface area contributed by atoms with Crippen molar-refractivity contribution in [2.45, 2.75) is 6.92 Å². The second-order valence-electron chi connectivity index (χ2n) is 8.06. The lowest BCUT2D eigenvalue weighted by atomic mass is 10.1. The third-order valence-electron chi connectivity index (χ3n) is 5.62. The van der Waals surface area contributed by atoms with E-state index in [9.17, 15) is 24.3 Å². The molecule has 0 bridgehead atoms. The molecule has 0 saturated carbocycles. The van der Waals surface area contributed by atoms with Gasteiger partial charge in [-0.1, -0.05) is 23.2 Å². The molecule has 0 aromatic heterocycles. The summed E-state index contributed by atoms with van der Waals surface area (Å²) in [5.41, 5.74) is 0.881. The predicted molar refractivity (Wildman–Crippen MR) is 146 cm³/mol. The van der Waals surface area contributed by atoms with Crippen LogP contribution in [0.4, 0.5) is 17.1 Å². The number of benzene rings is 3. The molecule has 1 heterocycles. The van der Waals surface area contributed by atoms with Crippen molar-refractivity contribution in [3.05, 3.63) is 87.5 Å². The number of anilines is 3. The molecule has 1 aliphatic rings. The lowest BCUT2D eigenvalue weighted by Crippen LogP contribution is -2.32. The maximum absolute atomic E-state index is 13.0. The normalized spacial score (nSPS) is 13.0. The SMILES string of the molecule is CCOc1ccc(N2C(=O)C(Cl)=C(Nc3ccc(C(=O)Nc4cc(OC)c(C(=O)O)cc4Cl)cc3)C2=O)cc1. The highest BCUT2D eigenvalue weighted by atomic mass is 35.5. The van der Waals surface area contributed by atoms with Gasteiger partial charge in [0.15, 0.2) is 0 Å². The van der Waals surface area contributed by atoms with E-state index in [0.29, 0.717) is 23.7 Å². The van der Waals surface area contributed by atoms with Gasteiger partial charge in [-0.25, -0.2) is 9.69 Å². The number of ether oxygens (including phenoxy) is 2. The van der Waals surface area contributed by atoms with Crippen molar-refractivity contribution in [1.82, 2.24) is 0 Å². The number of hydrogen-bond acceptors (Lipinski definition) is 7. The van der Waals surface area contributed by atoms with E-state index in [0.717, 1.165) is 4.90 Å². The molecule has 0 radical (unpaired) electrons. The first-order chi connectivity index (χ1) is 18.6. The Kier molecular flexibility index (Phi) is 8.08. The van der Waals surface area contributed by atoms with E-state index in [-0.39, 0.29) is 38.3 Å². The van der Waals surface area contributed by atoms with E-state index < -0.39 is 23.7 Å². The fraction of sp³-hybridized carbons (Fsp3) is 0.111. The van der Waals surface area contributed by atoms with Crippen molar-refractivity contribution in [3.8, 4) is 11.5 Å². The highest BCUT2D eigenvalue weighted by Crippen LogP contribution is 2.33. The summed E-state index contributed by atoms with van der Waals surface area (Å²) in [7, 11) is 1.30. The van der Waals surface area contributed by atoms with E-state index in [1.807, 2.05) is 6.92 Å². The van der Waals surface area contributed by atoms with Gasteiger partial charge in [0.25, 0.3) is 17.7 Å². The summed E-state index contributed by atoms with van der Waals surface area (Å²) in [6, 6.07) is 15.0. The van der Waals surface area contributed by atoms with Crippen LogP contribution in [-0.2, 0) is 9.59 Å². The van der Waals surface area contributed by atoms with Gasteiger partial charge in [0.2, 0.25) is 0 Å². The van der Waals surface area contributed by atoms with Crippen LogP contribution in [0.5, 0.6) is 11.5 Å². The second kappa shape index (κ2) is 11.5. The zero-order valence-corrected chi connectivity index (χ0v) is 22.1.